The molecule has 0 amide bonds. The molecule has 2 aromatic heterocycles. The minimum Gasteiger partial charge on any atom is -0.383 e. The molecule has 19 heavy (non-hydrogen) atoms. The van der Waals surface area contributed by atoms with Crippen LogP contribution in [-0.2, 0) is 4.74 Å². The Labute approximate surface area is 119 Å². The van der Waals surface area contributed by atoms with Crippen molar-refractivity contribution in [3.05, 3.63) is 40.9 Å². The normalized spacial score (nSPS) is 22.6. The minimum absolute atomic E-state index is 0.131. The number of rotatable bonds is 4. The first-order chi connectivity index (χ1) is 9.33. The van der Waals surface area contributed by atoms with Gasteiger partial charge in [-0.1, -0.05) is 0 Å². The highest BCUT2D eigenvalue weighted by Crippen LogP contribution is 2.34. The van der Waals surface area contributed by atoms with Gasteiger partial charge in [-0.25, -0.2) is 0 Å². The van der Waals surface area contributed by atoms with Crippen molar-refractivity contribution in [3.8, 4) is 0 Å². The minimum atomic E-state index is 0.131. The van der Waals surface area contributed by atoms with E-state index in [-0.39, 0.29) is 6.10 Å². The summed E-state index contributed by atoms with van der Waals surface area (Å²) in [5.74, 6) is 0.455. The summed E-state index contributed by atoms with van der Waals surface area (Å²) in [4.78, 5) is 4.14. The zero-order valence-corrected chi connectivity index (χ0v) is 11.9. The highest BCUT2D eigenvalue weighted by molar-refractivity contribution is 9.10. The molecule has 5 nitrogen and oxygen atoms in total. The van der Waals surface area contributed by atoms with E-state index in [0.717, 1.165) is 35.3 Å². The number of anilines is 1. The second-order valence-electron chi connectivity index (χ2n) is 4.64. The molecule has 0 aliphatic carbocycles. The van der Waals surface area contributed by atoms with Gasteiger partial charge in [-0.05, 0) is 28.4 Å². The van der Waals surface area contributed by atoms with E-state index < -0.39 is 0 Å². The Morgan fingerprint density at radius 1 is 1.42 bits per heavy atom. The molecule has 100 valence electrons. The van der Waals surface area contributed by atoms with Crippen LogP contribution < -0.4 is 5.32 Å². The van der Waals surface area contributed by atoms with Crippen LogP contribution in [0.5, 0.6) is 0 Å². The summed E-state index contributed by atoms with van der Waals surface area (Å²) < 4.78 is 6.78. The number of nitrogens with zero attached hydrogens (tertiary/aromatic N) is 2. The molecule has 1 aliphatic rings. The number of ether oxygens (including phenoxy) is 1. The lowest BCUT2D eigenvalue weighted by molar-refractivity contribution is 0.0933. The van der Waals surface area contributed by atoms with E-state index in [1.54, 1.807) is 6.20 Å². The molecule has 0 spiro atoms. The van der Waals surface area contributed by atoms with E-state index in [0.29, 0.717) is 5.92 Å². The summed E-state index contributed by atoms with van der Waals surface area (Å²) in [6, 6.07) is 2.02. The molecule has 0 saturated carbocycles. The Kier molecular flexibility index (Phi) is 3.79. The summed E-state index contributed by atoms with van der Waals surface area (Å²) in [7, 11) is 0. The van der Waals surface area contributed by atoms with Crippen molar-refractivity contribution in [2.45, 2.75) is 12.5 Å². The highest BCUT2D eigenvalue weighted by Gasteiger charge is 2.30. The topological polar surface area (TPSA) is 62.8 Å². The average Bonchev–Trinajstić information content (AvgIpc) is 3.07. The van der Waals surface area contributed by atoms with E-state index in [1.165, 1.54) is 0 Å². The molecular weight excluding hydrogens is 308 g/mol. The molecule has 1 saturated heterocycles. The van der Waals surface area contributed by atoms with Crippen molar-refractivity contribution in [2.24, 2.45) is 5.92 Å². The molecule has 0 unspecified atom stereocenters. The monoisotopic (exact) mass is 322 g/mol. The third-order valence-electron chi connectivity index (χ3n) is 3.34. The van der Waals surface area contributed by atoms with Gasteiger partial charge in [0.1, 0.15) is 0 Å². The van der Waals surface area contributed by atoms with E-state index in [9.17, 15) is 0 Å². The van der Waals surface area contributed by atoms with Crippen molar-refractivity contribution in [3.63, 3.8) is 0 Å². The molecule has 3 heterocycles. The SMILES string of the molecule is Brc1cncc(NC[C@H]2CCO[C@@H]2c2cn[nH]c2)c1. The zero-order valence-electron chi connectivity index (χ0n) is 10.3. The largest absolute Gasteiger partial charge is 0.383 e. The fraction of sp³-hybridized carbons (Fsp3) is 0.385. The quantitative estimate of drug-likeness (QED) is 0.908. The Bertz CT molecular complexity index is 531. The van der Waals surface area contributed by atoms with Crippen molar-refractivity contribution in [2.75, 3.05) is 18.5 Å². The van der Waals surface area contributed by atoms with Gasteiger partial charge in [0.25, 0.3) is 0 Å². The maximum Gasteiger partial charge on any atom is 0.0900 e. The van der Waals surface area contributed by atoms with E-state index in [1.807, 2.05) is 24.7 Å². The summed E-state index contributed by atoms with van der Waals surface area (Å²) >= 11 is 3.42. The molecule has 2 N–H and O–H groups in total. The summed E-state index contributed by atoms with van der Waals surface area (Å²) in [5.41, 5.74) is 2.14. The van der Waals surface area contributed by atoms with Crippen LogP contribution in [0.3, 0.4) is 0 Å². The van der Waals surface area contributed by atoms with Crippen LogP contribution in [0.4, 0.5) is 5.69 Å². The predicted octanol–water partition coefficient (Wildman–Crippen LogP) is 2.76. The molecular formula is C13H15BrN4O. The molecule has 0 bridgehead atoms. The third kappa shape index (κ3) is 2.96. The van der Waals surface area contributed by atoms with Crippen molar-refractivity contribution in [1.82, 2.24) is 15.2 Å². The smallest absolute Gasteiger partial charge is 0.0900 e. The van der Waals surface area contributed by atoms with E-state index in [2.05, 4.69) is 36.4 Å². The lowest BCUT2D eigenvalue weighted by Gasteiger charge is -2.18. The molecule has 6 heteroatoms. The summed E-state index contributed by atoms with van der Waals surface area (Å²) in [6.07, 6.45) is 8.54. The predicted molar refractivity (Wildman–Crippen MR) is 75.8 cm³/mol. The van der Waals surface area contributed by atoms with Crippen LogP contribution in [0.25, 0.3) is 0 Å². The number of pyridine rings is 1. The van der Waals surface area contributed by atoms with Crippen molar-refractivity contribution >= 4 is 21.6 Å². The number of aromatic nitrogens is 3. The van der Waals surface area contributed by atoms with Gasteiger partial charge < -0.3 is 10.1 Å². The second kappa shape index (κ2) is 5.71. The third-order valence-corrected chi connectivity index (χ3v) is 3.77. The van der Waals surface area contributed by atoms with Gasteiger partial charge in [-0.3, -0.25) is 10.1 Å². The summed E-state index contributed by atoms with van der Waals surface area (Å²) in [6.45, 7) is 1.67. The molecule has 2 atom stereocenters. The van der Waals surface area contributed by atoms with E-state index in [4.69, 9.17) is 4.74 Å². The van der Waals surface area contributed by atoms with Gasteiger partial charge in [-0.2, -0.15) is 5.10 Å². The second-order valence-corrected chi connectivity index (χ2v) is 5.56. The van der Waals surface area contributed by atoms with Crippen LogP contribution >= 0.6 is 15.9 Å². The lowest BCUT2D eigenvalue weighted by atomic mass is 9.97. The fourth-order valence-corrected chi connectivity index (χ4v) is 2.75. The van der Waals surface area contributed by atoms with Gasteiger partial charge in [0.05, 0.1) is 24.2 Å². The molecule has 0 radical (unpaired) electrons. The van der Waals surface area contributed by atoms with Crippen LogP contribution in [0.2, 0.25) is 0 Å². The summed E-state index contributed by atoms with van der Waals surface area (Å²) in [5, 5.41) is 10.2. The van der Waals surface area contributed by atoms with Crippen LogP contribution in [0, 0.1) is 5.92 Å². The Balaban J connectivity index is 1.63. The van der Waals surface area contributed by atoms with Gasteiger partial charge in [0.15, 0.2) is 0 Å². The van der Waals surface area contributed by atoms with Crippen LogP contribution in [0.15, 0.2) is 35.3 Å². The maximum atomic E-state index is 5.80. The molecule has 1 fully saturated rings. The fourth-order valence-electron chi connectivity index (χ4n) is 2.39. The Hall–Kier alpha value is -1.40. The number of halogens is 1. The van der Waals surface area contributed by atoms with Gasteiger partial charge in [-0.15, -0.1) is 0 Å². The van der Waals surface area contributed by atoms with Crippen molar-refractivity contribution in [1.29, 1.82) is 0 Å². The Morgan fingerprint density at radius 3 is 3.16 bits per heavy atom. The number of hydrogen-bond acceptors (Lipinski definition) is 4. The highest BCUT2D eigenvalue weighted by atomic mass is 79.9. The first-order valence-corrected chi connectivity index (χ1v) is 7.07. The Morgan fingerprint density at radius 2 is 2.37 bits per heavy atom. The van der Waals surface area contributed by atoms with Gasteiger partial charge in [0, 0.05) is 41.5 Å². The van der Waals surface area contributed by atoms with Crippen molar-refractivity contribution < 1.29 is 4.74 Å². The number of aromatic amines is 1. The standard InChI is InChI=1S/C13H15BrN4O/c14-11-3-12(8-15-7-11)16-4-9-1-2-19-13(9)10-5-17-18-6-10/h3,5-9,13,16H,1-2,4H2,(H,17,18)/t9-,13+/m1/s1. The first kappa shape index (κ1) is 12.6. The maximum absolute atomic E-state index is 5.80. The zero-order chi connectivity index (χ0) is 13.1. The van der Waals surface area contributed by atoms with Crippen LogP contribution in [0.1, 0.15) is 18.1 Å². The lowest BCUT2D eigenvalue weighted by Crippen LogP contribution is -2.17. The van der Waals surface area contributed by atoms with Gasteiger partial charge in [0.2, 0.25) is 0 Å². The number of H-pyrrole nitrogens is 1. The molecule has 3 rings (SSSR count). The molecule has 0 aromatic carbocycles. The molecule has 2 aromatic rings. The number of hydrogen-bond donors (Lipinski definition) is 2. The first-order valence-electron chi connectivity index (χ1n) is 6.27. The van der Waals surface area contributed by atoms with Crippen LogP contribution in [-0.4, -0.2) is 28.3 Å². The molecule has 1 aliphatic heterocycles. The number of nitrogens with one attached hydrogen (secondary N) is 2. The van der Waals surface area contributed by atoms with Gasteiger partial charge >= 0.3 is 0 Å². The van der Waals surface area contributed by atoms with E-state index >= 15 is 0 Å². The average molecular weight is 323 g/mol.